The van der Waals surface area contributed by atoms with E-state index >= 15 is 0 Å². The van der Waals surface area contributed by atoms with Crippen LogP contribution in [-0.4, -0.2) is 57.2 Å². The first-order valence-electron chi connectivity index (χ1n) is 9.54. The molecule has 0 aliphatic rings. The van der Waals surface area contributed by atoms with Crippen LogP contribution < -0.4 is 20.5 Å². The van der Waals surface area contributed by atoms with Gasteiger partial charge in [0, 0.05) is 19.2 Å². The van der Waals surface area contributed by atoms with Gasteiger partial charge in [-0.25, -0.2) is 13.2 Å². The minimum atomic E-state index is -3.11. The van der Waals surface area contributed by atoms with Gasteiger partial charge in [-0.15, -0.1) is 0 Å². The van der Waals surface area contributed by atoms with E-state index in [9.17, 15) is 18.0 Å². The van der Waals surface area contributed by atoms with Gasteiger partial charge in [0.2, 0.25) is 5.91 Å². The van der Waals surface area contributed by atoms with E-state index in [4.69, 9.17) is 20.3 Å². The number of nitrogens with two attached hydrogens (primary N) is 1. The molecule has 1 amide bonds. The Morgan fingerprint density at radius 1 is 1.23 bits per heavy atom. The summed E-state index contributed by atoms with van der Waals surface area (Å²) < 4.78 is 33.0. The molecule has 1 aromatic carbocycles. The summed E-state index contributed by atoms with van der Waals surface area (Å²) in [6.07, 6.45) is 1.63. The lowest BCUT2D eigenvalue weighted by Gasteiger charge is -2.15. The average molecular weight is 447 g/mol. The zero-order valence-corrected chi connectivity index (χ0v) is 19.3. The van der Waals surface area contributed by atoms with Crippen LogP contribution in [0.1, 0.15) is 45.7 Å². The van der Waals surface area contributed by atoms with Crippen molar-refractivity contribution in [3.63, 3.8) is 0 Å². The number of hydrogen-bond acceptors (Lipinski definition) is 7. The number of carboxylic acids is 1. The number of carbonyl (C=O) groups is 2. The highest BCUT2D eigenvalue weighted by molar-refractivity contribution is 7.90. The smallest absolute Gasteiger partial charge is 0.326 e. The summed E-state index contributed by atoms with van der Waals surface area (Å²) in [4.78, 5) is 21.1. The predicted molar refractivity (Wildman–Crippen MR) is 115 cm³/mol. The first-order chi connectivity index (χ1) is 13.8. The highest BCUT2D eigenvalue weighted by atomic mass is 32.2. The maximum absolute atomic E-state index is 11.2. The molecule has 30 heavy (non-hydrogen) atoms. The Hall–Kier alpha value is -2.33. The number of rotatable bonds is 10. The number of amides is 1. The molecule has 0 aliphatic heterocycles. The minimum absolute atomic E-state index is 0.0924. The Bertz CT molecular complexity index is 794. The summed E-state index contributed by atoms with van der Waals surface area (Å²) in [5.74, 6) is 0.0683. The van der Waals surface area contributed by atoms with Crippen LogP contribution in [0.2, 0.25) is 0 Å². The summed E-state index contributed by atoms with van der Waals surface area (Å²) >= 11 is 0. The fourth-order valence-electron chi connectivity index (χ4n) is 2.55. The average Bonchev–Trinajstić information content (AvgIpc) is 2.59. The number of hydrogen-bond donors (Lipinski definition) is 3. The fourth-order valence-corrected chi connectivity index (χ4v) is 3.40. The number of ether oxygens (including phenoxy) is 2. The molecule has 0 aliphatic carbocycles. The van der Waals surface area contributed by atoms with E-state index in [-0.39, 0.29) is 17.6 Å². The second-order valence-electron chi connectivity index (χ2n) is 7.26. The van der Waals surface area contributed by atoms with Crippen LogP contribution in [0.25, 0.3) is 0 Å². The summed E-state index contributed by atoms with van der Waals surface area (Å²) in [7, 11) is -1.56. The number of carbonyl (C=O) groups excluding carboxylic acids is 1. The van der Waals surface area contributed by atoms with E-state index in [0.717, 1.165) is 0 Å². The zero-order chi connectivity index (χ0) is 23.5. The van der Waals surface area contributed by atoms with Gasteiger partial charge in [0.25, 0.3) is 0 Å². The lowest BCUT2D eigenvalue weighted by molar-refractivity contribution is -0.142. The quantitative estimate of drug-likeness (QED) is 0.493. The second-order valence-corrected chi connectivity index (χ2v) is 9.45. The topological polar surface area (TPSA) is 145 Å². The Labute approximate surface area is 178 Å². The molecule has 0 aromatic heterocycles. The van der Waals surface area contributed by atoms with Crippen LogP contribution in [0.15, 0.2) is 18.2 Å². The van der Waals surface area contributed by atoms with Crippen LogP contribution in [0.3, 0.4) is 0 Å². The molecule has 10 heteroatoms. The number of sulfone groups is 1. The van der Waals surface area contributed by atoms with Crippen LogP contribution in [0, 0.1) is 5.92 Å². The lowest BCUT2D eigenvalue weighted by Crippen LogP contribution is -2.40. The zero-order valence-electron chi connectivity index (χ0n) is 18.5. The van der Waals surface area contributed by atoms with Crippen molar-refractivity contribution in [2.45, 2.75) is 46.2 Å². The van der Waals surface area contributed by atoms with E-state index in [1.54, 1.807) is 25.3 Å². The van der Waals surface area contributed by atoms with Gasteiger partial charge in [-0.05, 0) is 37.0 Å². The van der Waals surface area contributed by atoms with Crippen molar-refractivity contribution in [2.24, 2.45) is 11.7 Å². The largest absolute Gasteiger partial charge is 0.493 e. The number of carboxylic acid groups (broad SMARTS) is 1. The minimum Gasteiger partial charge on any atom is -0.493 e. The molecule has 2 atom stereocenters. The van der Waals surface area contributed by atoms with Crippen molar-refractivity contribution in [1.82, 2.24) is 5.32 Å². The maximum atomic E-state index is 11.2. The van der Waals surface area contributed by atoms with Crippen LogP contribution >= 0.6 is 0 Å². The van der Waals surface area contributed by atoms with Crippen LogP contribution in [-0.2, 0) is 19.4 Å². The van der Waals surface area contributed by atoms with Crippen molar-refractivity contribution in [3.05, 3.63) is 23.8 Å². The van der Waals surface area contributed by atoms with E-state index in [1.807, 2.05) is 20.8 Å². The van der Waals surface area contributed by atoms with Crippen LogP contribution in [0.5, 0.6) is 11.5 Å². The molecule has 0 unspecified atom stereocenters. The van der Waals surface area contributed by atoms with Gasteiger partial charge in [0.1, 0.15) is 15.9 Å². The molecule has 0 bridgehead atoms. The number of methoxy groups -OCH3 is 1. The molecular formula is C20H34N2O7S. The van der Waals surface area contributed by atoms with Gasteiger partial charge in [-0.2, -0.15) is 0 Å². The molecule has 0 radical (unpaired) electrons. The first kappa shape index (κ1) is 27.7. The first-order valence-corrected chi connectivity index (χ1v) is 11.6. The third kappa shape index (κ3) is 11.6. The lowest BCUT2D eigenvalue weighted by atomic mass is 10.0. The third-order valence-corrected chi connectivity index (χ3v) is 4.75. The molecule has 4 N–H and O–H groups in total. The van der Waals surface area contributed by atoms with E-state index in [2.05, 4.69) is 5.32 Å². The highest BCUT2D eigenvalue weighted by Crippen LogP contribution is 2.30. The summed E-state index contributed by atoms with van der Waals surface area (Å²) in [5.41, 5.74) is 6.57. The van der Waals surface area contributed by atoms with Crippen molar-refractivity contribution in [2.75, 3.05) is 25.7 Å². The van der Waals surface area contributed by atoms with Crippen molar-refractivity contribution < 1.29 is 32.6 Å². The third-order valence-electron chi connectivity index (χ3n) is 3.78. The van der Waals surface area contributed by atoms with Crippen molar-refractivity contribution in [3.8, 4) is 11.5 Å². The molecule has 172 valence electrons. The Morgan fingerprint density at radius 3 is 2.23 bits per heavy atom. The van der Waals surface area contributed by atoms with Crippen LogP contribution in [0.4, 0.5) is 0 Å². The Morgan fingerprint density at radius 2 is 1.83 bits per heavy atom. The number of aliphatic carboxylic acids is 1. The second kappa shape index (κ2) is 13.1. The van der Waals surface area contributed by atoms with E-state index in [0.29, 0.717) is 30.1 Å². The Balaban J connectivity index is 0.000000612. The fraction of sp³-hybridized carbons (Fsp3) is 0.600. The monoisotopic (exact) mass is 446 g/mol. The molecule has 0 fully saturated rings. The van der Waals surface area contributed by atoms with Gasteiger partial charge in [0.05, 0.1) is 19.5 Å². The molecule has 0 saturated heterocycles. The molecule has 0 saturated carbocycles. The molecule has 0 spiro atoms. The summed E-state index contributed by atoms with van der Waals surface area (Å²) in [6.45, 7) is 7.51. The normalized spacial score (nSPS) is 12.9. The maximum Gasteiger partial charge on any atom is 0.326 e. The van der Waals surface area contributed by atoms with Gasteiger partial charge in [-0.3, -0.25) is 4.79 Å². The summed E-state index contributed by atoms with van der Waals surface area (Å²) in [5, 5.41) is 11.0. The van der Waals surface area contributed by atoms with Gasteiger partial charge < -0.3 is 25.6 Å². The van der Waals surface area contributed by atoms with Crippen molar-refractivity contribution in [1.29, 1.82) is 0 Å². The predicted octanol–water partition coefficient (Wildman–Crippen LogP) is 1.76. The molecule has 0 heterocycles. The number of benzene rings is 1. The molecular weight excluding hydrogens is 412 g/mol. The number of nitrogens with one attached hydrogen (secondary N) is 1. The Kier molecular flexibility index (Phi) is 12.1. The SMILES string of the molecule is CC(=O)N[C@H](CC(C)C)C(=O)O.CCOc1cc([C@H](N)CS(C)(=O)=O)ccc1OC. The highest BCUT2D eigenvalue weighted by Gasteiger charge is 2.19. The molecule has 9 nitrogen and oxygen atoms in total. The van der Waals surface area contributed by atoms with Gasteiger partial charge >= 0.3 is 5.97 Å². The van der Waals surface area contributed by atoms with Gasteiger partial charge in [0.15, 0.2) is 11.5 Å². The molecule has 1 aromatic rings. The molecule has 1 rings (SSSR count). The standard InChI is InChI=1S/C12H19NO4S.C8H15NO3/c1-4-17-12-7-9(5-6-11(12)16-2)10(13)8-18(3,14)15;1-5(2)4-7(8(11)12)9-6(3)10/h5-7,10H,4,8,13H2,1-3H3;5,7H,4H2,1-3H3,(H,9,10)(H,11,12)/t10-;7-/m11/s1. The van der Waals surface area contributed by atoms with E-state index in [1.165, 1.54) is 13.2 Å². The van der Waals surface area contributed by atoms with Gasteiger partial charge in [-0.1, -0.05) is 19.9 Å². The summed E-state index contributed by atoms with van der Waals surface area (Å²) in [6, 6.07) is 3.88. The van der Waals surface area contributed by atoms with E-state index < -0.39 is 27.9 Å². The van der Waals surface area contributed by atoms with Crippen molar-refractivity contribution >= 4 is 21.7 Å².